The summed E-state index contributed by atoms with van der Waals surface area (Å²) < 4.78 is 0. The van der Waals surface area contributed by atoms with Crippen molar-refractivity contribution in [2.24, 2.45) is 5.92 Å². The van der Waals surface area contributed by atoms with E-state index < -0.39 is 0 Å². The van der Waals surface area contributed by atoms with Gasteiger partial charge in [0.2, 0.25) is 5.91 Å². The first kappa shape index (κ1) is 17.5. The third-order valence-electron chi connectivity index (χ3n) is 4.40. The summed E-state index contributed by atoms with van der Waals surface area (Å²) in [5, 5.41) is 14.5. The van der Waals surface area contributed by atoms with E-state index >= 15 is 0 Å². The van der Waals surface area contributed by atoms with Crippen LogP contribution in [-0.2, 0) is 4.79 Å². The van der Waals surface area contributed by atoms with E-state index in [0.29, 0.717) is 30.8 Å². The first-order valence-electron chi connectivity index (χ1n) is 8.48. The van der Waals surface area contributed by atoms with Crippen LogP contribution in [0, 0.1) is 24.2 Å². The number of anilines is 2. The summed E-state index contributed by atoms with van der Waals surface area (Å²) in [6.07, 6.45) is 0.406. The third-order valence-corrected chi connectivity index (χ3v) is 4.40. The molecule has 0 aromatic heterocycles. The number of nitriles is 1. The lowest BCUT2D eigenvalue weighted by Crippen LogP contribution is -2.34. The van der Waals surface area contributed by atoms with E-state index in [2.05, 4.69) is 10.6 Å². The van der Waals surface area contributed by atoms with Gasteiger partial charge in [-0.2, -0.15) is 5.26 Å². The molecule has 0 radical (unpaired) electrons. The molecule has 1 unspecified atom stereocenters. The Labute approximate surface area is 152 Å². The molecule has 1 aliphatic rings. The van der Waals surface area contributed by atoms with Crippen LogP contribution < -0.4 is 15.5 Å². The van der Waals surface area contributed by atoms with Gasteiger partial charge in [-0.05, 0) is 31.2 Å². The number of urea groups is 1. The predicted octanol–water partition coefficient (Wildman–Crippen LogP) is 3.04. The number of benzene rings is 2. The molecule has 1 aliphatic heterocycles. The number of nitrogens with zero attached hydrogens (tertiary/aromatic N) is 2. The van der Waals surface area contributed by atoms with Crippen molar-refractivity contribution in [2.75, 3.05) is 23.3 Å². The smallest absolute Gasteiger partial charge is 0.319 e. The zero-order chi connectivity index (χ0) is 18.5. The number of aryl methyl sites for hydroxylation is 1. The monoisotopic (exact) mass is 348 g/mol. The second-order valence-electron chi connectivity index (χ2n) is 6.40. The summed E-state index contributed by atoms with van der Waals surface area (Å²) in [7, 11) is 0. The topological polar surface area (TPSA) is 85.2 Å². The quantitative estimate of drug-likeness (QED) is 0.890. The highest BCUT2D eigenvalue weighted by molar-refractivity contribution is 5.96. The highest BCUT2D eigenvalue weighted by atomic mass is 16.2. The molecule has 6 nitrogen and oxygen atoms in total. The molecule has 0 spiro atoms. The van der Waals surface area contributed by atoms with Crippen molar-refractivity contribution in [3.63, 3.8) is 0 Å². The third kappa shape index (κ3) is 4.01. The normalized spacial score (nSPS) is 16.2. The summed E-state index contributed by atoms with van der Waals surface area (Å²) in [5.74, 6) is 0.122. The maximum absolute atomic E-state index is 12.3. The molecule has 1 saturated heterocycles. The van der Waals surface area contributed by atoms with E-state index in [-0.39, 0.29) is 17.9 Å². The molecule has 26 heavy (non-hydrogen) atoms. The number of carbonyl (C=O) groups excluding carboxylic acids is 2. The maximum atomic E-state index is 12.3. The summed E-state index contributed by atoms with van der Waals surface area (Å²) in [5.41, 5.74) is 2.91. The van der Waals surface area contributed by atoms with E-state index in [1.807, 2.05) is 37.3 Å². The Balaban J connectivity index is 1.54. The minimum Gasteiger partial charge on any atom is -0.338 e. The number of amides is 3. The van der Waals surface area contributed by atoms with Crippen LogP contribution in [0.1, 0.15) is 17.5 Å². The number of rotatable bonds is 4. The molecule has 0 aliphatic carbocycles. The van der Waals surface area contributed by atoms with Gasteiger partial charge in [0.05, 0.1) is 11.3 Å². The molecule has 132 valence electrons. The van der Waals surface area contributed by atoms with Crippen LogP contribution >= 0.6 is 0 Å². The van der Waals surface area contributed by atoms with Gasteiger partial charge >= 0.3 is 6.03 Å². The molecule has 1 heterocycles. The average molecular weight is 348 g/mol. The maximum Gasteiger partial charge on any atom is 0.319 e. The fraction of sp³-hybridized carbons (Fsp3) is 0.250. The minimum absolute atomic E-state index is 0.0563. The van der Waals surface area contributed by atoms with E-state index in [1.165, 1.54) is 0 Å². The Hall–Kier alpha value is -3.33. The highest BCUT2D eigenvalue weighted by Gasteiger charge is 2.30. The molecular formula is C20H20N4O2. The molecule has 2 aromatic rings. The van der Waals surface area contributed by atoms with Gasteiger partial charge in [0.25, 0.3) is 0 Å². The van der Waals surface area contributed by atoms with Crippen LogP contribution in [-0.4, -0.2) is 25.0 Å². The van der Waals surface area contributed by atoms with Gasteiger partial charge in [-0.1, -0.05) is 29.8 Å². The van der Waals surface area contributed by atoms with Gasteiger partial charge in [-0.25, -0.2) is 4.79 Å². The summed E-state index contributed by atoms with van der Waals surface area (Å²) in [4.78, 5) is 26.1. The summed E-state index contributed by atoms with van der Waals surface area (Å²) >= 11 is 0. The van der Waals surface area contributed by atoms with Gasteiger partial charge in [0.1, 0.15) is 6.07 Å². The molecule has 0 saturated carbocycles. The molecule has 2 aromatic carbocycles. The van der Waals surface area contributed by atoms with E-state index in [9.17, 15) is 9.59 Å². The average Bonchev–Trinajstić information content (AvgIpc) is 3.02. The molecule has 0 bridgehead atoms. The molecule has 2 N–H and O–H groups in total. The van der Waals surface area contributed by atoms with Crippen molar-refractivity contribution in [1.82, 2.24) is 5.32 Å². The zero-order valence-corrected chi connectivity index (χ0v) is 14.5. The first-order valence-corrected chi connectivity index (χ1v) is 8.48. The van der Waals surface area contributed by atoms with Crippen molar-refractivity contribution in [3.05, 3.63) is 59.7 Å². The summed E-state index contributed by atoms with van der Waals surface area (Å²) in [6, 6.07) is 16.3. The second kappa shape index (κ2) is 7.70. The molecule has 1 atom stereocenters. The number of hydrogen-bond acceptors (Lipinski definition) is 3. The predicted molar refractivity (Wildman–Crippen MR) is 99.8 cm³/mol. The van der Waals surface area contributed by atoms with Crippen LogP contribution in [0.4, 0.5) is 16.2 Å². The van der Waals surface area contributed by atoms with E-state index in [4.69, 9.17) is 5.26 Å². The lowest BCUT2D eigenvalue weighted by molar-refractivity contribution is -0.117. The fourth-order valence-electron chi connectivity index (χ4n) is 2.99. The lowest BCUT2D eigenvalue weighted by Gasteiger charge is -2.17. The van der Waals surface area contributed by atoms with Gasteiger partial charge in [-0.3, -0.25) is 4.79 Å². The molecule has 3 amide bonds. The van der Waals surface area contributed by atoms with Crippen molar-refractivity contribution < 1.29 is 9.59 Å². The van der Waals surface area contributed by atoms with Crippen molar-refractivity contribution in [1.29, 1.82) is 5.26 Å². The van der Waals surface area contributed by atoms with Crippen LogP contribution in [0.3, 0.4) is 0 Å². The molecular weight excluding hydrogens is 328 g/mol. The molecule has 1 fully saturated rings. The summed E-state index contributed by atoms with van der Waals surface area (Å²) in [6.45, 7) is 2.98. The minimum atomic E-state index is -0.381. The number of hydrogen-bond donors (Lipinski definition) is 2. The van der Waals surface area contributed by atoms with E-state index in [0.717, 1.165) is 11.3 Å². The Kier molecular flexibility index (Phi) is 5.18. The Morgan fingerprint density at radius 3 is 2.69 bits per heavy atom. The molecule has 3 rings (SSSR count). The van der Waals surface area contributed by atoms with Gasteiger partial charge in [0, 0.05) is 31.1 Å². The molecule has 6 heteroatoms. The Bertz CT molecular complexity index is 855. The Morgan fingerprint density at radius 1 is 1.23 bits per heavy atom. The van der Waals surface area contributed by atoms with Gasteiger partial charge < -0.3 is 15.5 Å². The standard InChI is InChI=1S/C20H20N4O2/c1-14-6-8-17(9-7-14)24-13-15(10-19(24)25)12-22-20(26)23-18-5-3-2-4-16(18)11-21/h2-9,15H,10,12-13H2,1H3,(H2,22,23,26). The zero-order valence-electron chi connectivity index (χ0n) is 14.5. The van der Waals surface area contributed by atoms with Gasteiger partial charge in [-0.15, -0.1) is 0 Å². The Morgan fingerprint density at radius 2 is 1.96 bits per heavy atom. The number of carbonyl (C=O) groups is 2. The van der Waals surface area contributed by atoms with Crippen LogP contribution in [0.15, 0.2) is 48.5 Å². The fourth-order valence-corrected chi connectivity index (χ4v) is 2.99. The van der Waals surface area contributed by atoms with Gasteiger partial charge in [0.15, 0.2) is 0 Å². The van der Waals surface area contributed by atoms with Crippen LogP contribution in [0.25, 0.3) is 0 Å². The highest BCUT2D eigenvalue weighted by Crippen LogP contribution is 2.25. The first-order chi connectivity index (χ1) is 12.6. The van der Waals surface area contributed by atoms with Crippen LogP contribution in [0.2, 0.25) is 0 Å². The largest absolute Gasteiger partial charge is 0.338 e. The number of nitrogens with one attached hydrogen (secondary N) is 2. The SMILES string of the molecule is Cc1ccc(N2CC(CNC(=O)Nc3ccccc3C#N)CC2=O)cc1. The lowest BCUT2D eigenvalue weighted by atomic mass is 10.1. The second-order valence-corrected chi connectivity index (χ2v) is 6.40. The van der Waals surface area contributed by atoms with Crippen LogP contribution in [0.5, 0.6) is 0 Å². The number of para-hydroxylation sites is 1. The van der Waals surface area contributed by atoms with E-state index in [1.54, 1.807) is 29.2 Å². The van der Waals surface area contributed by atoms with Crippen molar-refractivity contribution in [3.8, 4) is 6.07 Å². The van der Waals surface area contributed by atoms with Crippen molar-refractivity contribution in [2.45, 2.75) is 13.3 Å². The van der Waals surface area contributed by atoms with Crippen molar-refractivity contribution >= 4 is 23.3 Å².